The fraction of sp³-hybridized carbons (Fsp3) is 0.571. The Kier molecular flexibility index (Phi) is 5.25. The summed E-state index contributed by atoms with van der Waals surface area (Å²) in [5.74, 6) is 1.28. The Morgan fingerprint density at radius 1 is 1.41 bits per heavy atom. The molecule has 2 aromatic rings. The van der Waals surface area contributed by atoms with E-state index >= 15 is 0 Å². The van der Waals surface area contributed by atoms with Crippen LogP contribution in [-0.2, 0) is 11.3 Å². The molecule has 0 bridgehead atoms. The summed E-state index contributed by atoms with van der Waals surface area (Å²) in [7, 11) is 1.85. The first-order valence-corrected chi connectivity index (χ1v) is 8.00. The van der Waals surface area contributed by atoms with Crippen LogP contribution in [0, 0.1) is 6.92 Å². The van der Waals surface area contributed by atoms with Gasteiger partial charge in [0.1, 0.15) is 0 Å². The second-order valence-electron chi connectivity index (χ2n) is 5.58. The van der Waals surface area contributed by atoms with Crippen LogP contribution in [0.15, 0.2) is 9.90 Å². The third kappa shape index (κ3) is 4.11. The lowest BCUT2D eigenvalue weighted by Crippen LogP contribution is -2.39. The lowest BCUT2D eigenvalue weighted by atomic mass is 10.2. The molecule has 0 spiro atoms. The number of hydrogen-bond acceptors (Lipinski definition) is 7. The number of nitrogens with one attached hydrogen (secondary N) is 1. The van der Waals surface area contributed by atoms with Crippen LogP contribution < -0.4 is 5.32 Å². The first-order chi connectivity index (χ1) is 10.4. The van der Waals surface area contributed by atoms with E-state index in [-0.39, 0.29) is 17.9 Å². The summed E-state index contributed by atoms with van der Waals surface area (Å²) in [6, 6.07) is -0.329. The summed E-state index contributed by atoms with van der Waals surface area (Å²) in [6.45, 7) is 8.16. The maximum absolute atomic E-state index is 12.2. The molecule has 0 fully saturated rings. The highest BCUT2D eigenvalue weighted by atomic mass is 32.1. The van der Waals surface area contributed by atoms with Gasteiger partial charge in [0.25, 0.3) is 0 Å². The third-order valence-corrected chi connectivity index (χ3v) is 4.13. The van der Waals surface area contributed by atoms with Gasteiger partial charge >= 0.3 is 0 Å². The predicted molar refractivity (Wildman–Crippen MR) is 84.8 cm³/mol. The molecule has 2 heterocycles. The van der Waals surface area contributed by atoms with Crippen LogP contribution in [0.3, 0.4) is 0 Å². The van der Waals surface area contributed by atoms with Crippen molar-refractivity contribution in [1.29, 1.82) is 0 Å². The minimum atomic E-state index is -0.329. The van der Waals surface area contributed by atoms with E-state index in [0.717, 1.165) is 5.69 Å². The normalized spacial score (nSPS) is 12.9. The molecule has 2 aromatic heterocycles. The largest absolute Gasteiger partial charge is 0.339 e. The number of nitrogens with zero attached hydrogens (tertiary/aromatic N) is 4. The highest BCUT2D eigenvalue weighted by molar-refractivity contribution is 7.13. The Labute approximate surface area is 133 Å². The van der Waals surface area contributed by atoms with Crippen LogP contribution in [0.2, 0.25) is 0 Å². The number of rotatable bonds is 6. The van der Waals surface area contributed by atoms with Crippen molar-refractivity contribution in [3.63, 3.8) is 0 Å². The number of aromatic nitrogens is 3. The van der Waals surface area contributed by atoms with Crippen LogP contribution in [0.4, 0.5) is 5.13 Å². The molecule has 0 aliphatic rings. The van der Waals surface area contributed by atoms with E-state index in [1.807, 2.05) is 45.0 Å². The average Bonchev–Trinajstić information content (AvgIpc) is 3.07. The Balaban J connectivity index is 1.92. The van der Waals surface area contributed by atoms with Gasteiger partial charge in [-0.2, -0.15) is 4.98 Å². The number of carbonyl (C=O) groups is 1. The Hall–Kier alpha value is -1.80. The molecule has 0 aliphatic carbocycles. The van der Waals surface area contributed by atoms with Crippen molar-refractivity contribution in [2.24, 2.45) is 0 Å². The molecule has 1 amide bonds. The molecule has 7 nitrogen and oxygen atoms in total. The van der Waals surface area contributed by atoms with Gasteiger partial charge in [-0.15, -0.1) is 11.3 Å². The van der Waals surface area contributed by atoms with Gasteiger partial charge in [-0.05, 0) is 20.9 Å². The minimum absolute atomic E-state index is 0.107. The molecule has 1 N–H and O–H groups in total. The molecular weight excluding hydrogens is 302 g/mol. The quantitative estimate of drug-likeness (QED) is 0.879. The highest BCUT2D eigenvalue weighted by Crippen LogP contribution is 2.16. The van der Waals surface area contributed by atoms with E-state index in [4.69, 9.17) is 4.52 Å². The van der Waals surface area contributed by atoms with Crippen LogP contribution in [0.1, 0.15) is 44.1 Å². The summed E-state index contributed by atoms with van der Waals surface area (Å²) in [5.41, 5.74) is 0.898. The van der Waals surface area contributed by atoms with E-state index in [1.165, 1.54) is 11.3 Å². The van der Waals surface area contributed by atoms with Gasteiger partial charge in [0, 0.05) is 11.3 Å². The molecule has 8 heteroatoms. The second kappa shape index (κ2) is 6.97. The molecule has 22 heavy (non-hydrogen) atoms. The molecule has 0 saturated heterocycles. The molecule has 0 aliphatic heterocycles. The van der Waals surface area contributed by atoms with E-state index in [9.17, 15) is 4.79 Å². The van der Waals surface area contributed by atoms with Crippen LogP contribution in [0.5, 0.6) is 0 Å². The number of amides is 1. The van der Waals surface area contributed by atoms with Gasteiger partial charge in [0.15, 0.2) is 11.0 Å². The van der Waals surface area contributed by atoms with Gasteiger partial charge in [-0.3, -0.25) is 9.69 Å². The molecule has 1 atom stereocenters. The predicted octanol–water partition coefficient (Wildman–Crippen LogP) is 2.42. The lowest BCUT2D eigenvalue weighted by molar-refractivity contribution is -0.120. The first kappa shape index (κ1) is 16.6. The number of carbonyl (C=O) groups excluding carboxylic acids is 1. The fourth-order valence-corrected chi connectivity index (χ4v) is 2.44. The van der Waals surface area contributed by atoms with E-state index in [1.54, 1.807) is 0 Å². The smallest absolute Gasteiger partial charge is 0.243 e. The maximum Gasteiger partial charge on any atom is 0.243 e. The molecule has 2 rings (SSSR count). The molecular formula is C14H21N5O2S. The van der Waals surface area contributed by atoms with Crippen molar-refractivity contribution >= 4 is 22.4 Å². The van der Waals surface area contributed by atoms with Crippen molar-refractivity contribution in [1.82, 2.24) is 20.0 Å². The second-order valence-corrected chi connectivity index (χ2v) is 6.44. The SMILES string of the molecule is Cc1csc(NC(=O)C(C)N(C)Cc2noc(C(C)C)n2)n1. The van der Waals surface area contributed by atoms with Crippen LogP contribution in [0.25, 0.3) is 0 Å². The summed E-state index contributed by atoms with van der Waals surface area (Å²) < 4.78 is 5.17. The van der Waals surface area contributed by atoms with Crippen molar-refractivity contribution in [2.75, 3.05) is 12.4 Å². The number of hydrogen-bond donors (Lipinski definition) is 1. The Bertz CT molecular complexity index is 637. The zero-order valence-electron chi connectivity index (χ0n) is 13.5. The zero-order valence-corrected chi connectivity index (χ0v) is 14.3. The van der Waals surface area contributed by atoms with Crippen molar-refractivity contribution in [2.45, 2.75) is 46.2 Å². The topological polar surface area (TPSA) is 84.2 Å². The number of thiazole rings is 1. The molecule has 1 unspecified atom stereocenters. The van der Waals surface area contributed by atoms with E-state index in [0.29, 0.717) is 23.4 Å². The molecule has 120 valence electrons. The third-order valence-electron chi connectivity index (χ3n) is 3.26. The van der Waals surface area contributed by atoms with Crippen molar-refractivity contribution in [3.8, 4) is 0 Å². The van der Waals surface area contributed by atoms with Crippen molar-refractivity contribution in [3.05, 3.63) is 22.8 Å². The van der Waals surface area contributed by atoms with E-state index in [2.05, 4.69) is 20.4 Å². The first-order valence-electron chi connectivity index (χ1n) is 7.12. The van der Waals surface area contributed by atoms with Gasteiger partial charge < -0.3 is 9.84 Å². The highest BCUT2D eigenvalue weighted by Gasteiger charge is 2.21. The zero-order chi connectivity index (χ0) is 16.3. The standard InChI is InChI=1S/C14H21N5O2S/c1-8(2)13-16-11(18-21-13)6-19(5)10(4)12(20)17-14-15-9(3)7-22-14/h7-8,10H,6H2,1-5H3,(H,15,17,20). The number of anilines is 1. The Morgan fingerprint density at radius 2 is 2.14 bits per heavy atom. The molecule has 0 radical (unpaired) electrons. The monoisotopic (exact) mass is 323 g/mol. The average molecular weight is 323 g/mol. The summed E-state index contributed by atoms with van der Waals surface area (Å²) in [6.07, 6.45) is 0. The van der Waals surface area contributed by atoms with Crippen LogP contribution >= 0.6 is 11.3 Å². The Morgan fingerprint density at radius 3 is 2.68 bits per heavy atom. The minimum Gasteiger partial charge on any atom is -0.339 e. The summed E-state index contributed by atoms with van der Waals surface area (Å²) >= 11 is 1.42. The van der Waals surface area contributed by atoms with Gasteiger partial charge in [0.2, 0.25) is 11.8 Å². The van der Waals surface area contributed by atoms with E-state index < -0.39 is 0 Å². The van der Waals surface area contributed by atoms with Crippen LogP contribution in [-0.4, -0.2) is 39.0 Å². The summed E-state index contributed by atoms with van der Waals surface area (Å²) in [4.78, 5) is 22.6. The molecule has 0 saturated carbocycles. The fourth-order valence-electron chi connectivity index (χ4n) is 1.75. The van der Waals surface area contributed by atoms with Gasteiger partial charge in [-0.1, -0.05) is 19.0 Å². The van der Waals surface area contributed by atoms with Gasteiger partial charge in [0.05, 0.1) is 18.3 Å². The number of likely N-dealkylation sites (N-methyl/N-ethyl adjacent to an activating group) is 1. The van der Waals surface area contributed by atoms with Crippen molar-refractivity contribution < 1.29 is 9.32 Å². The number of aryl methyl sites for hydroxylation is 1. The summed E-state index contributed by atoms with van der Waals surface area (Å²) in [5, 5.41) is 9.27. The molecule has 0 aromatic carbocycles. The lowest BCUT2D eigenvalue weighted by Gasteiger charge is -2.21. The van der Waals surface area contributed by atoms with Gasteiger partial charge in [-0.25, -0.2) is 4.98 Å². The maximum atomic E-state index is 12.2.